The molecule has 0 saturated heterocycles. The van der Waals surface area contributed by atoms with Crippen LogP contribution in [-0.2, 0) is 12.8 Å². The van der Waals surface area contributed by atoms with Crippen molar-refractivity contribution in [3.8, 4) is 12.3 Å². The highest BCUT2D eigenvalue weighted by Crippen LogP contribution is 2.59. The van der Waals surface area contributed by atoms with Crippen LogP contribution in [-0.4, -0.2) is 6.04 Å². The standard InChI is InChI=1S/C47H49N/c1-6-12-43-38(7-2)46-41-26-21-34-20-24-37(30-42(34)40(41)27-28-44(46)47(43,4)5)48(45-16-11-15-35-29-31(3)17-25-39(35)45)36-22-18-33(19-23-36)32-13-9-8-10-14-32/h2,6,8-10,12-13,15,17-26,31-32,37,44,46H,11,14,16,27-30H2,1,3-5H3/b12-6-/t31-,32?,37?,44?,46?/m0/s1. The lowest BCUT2D eigenvalue weighted by atomic mass is 9.65. The van der Waals surface area contributed by atoms with Crippen LogP contribution in [0.3, 0.4) is 0 Å². The largest absolute Gasteiger partial charge is 0.337 e. The van der Waals surface area contributed by atoms with Crippen molar-refractivity contribution in [1.82, 2.24) is 0 Å². The van der Waals surface area contributed by atoms with Crippen LogP contribution in [0.15, 0.2) is 125 Å². The zero-order valence-electron chi connectivity index (χ0n) is 29.2. The van der Waals surface area contributed by atoms with Crippen molar-refractivity contribution in [2.45, 2.75) is 90.5 Å². The number of hydrogen-bond donors (Lipinski definition) is 0. The van der Waals surface area contributed by atoms with Gasteiger partial charge in [0.25, 0.3) is 0 Å². The number of rotatable bonds is 5. The maximum Gasteiger partial charge on any atom is 0.0563 e. The minimum atomic E-state index is 0.0761. The first-order valence-electron chi connectivity index (χ1n) is 18.4. The Morgan fingerprint density at radius 2 is 1.79 bits per heavy atom. The maximum atomic E-state index is 6.32. The lowest BCUT2D eigenvalue weighted by Crippen LogP contribution is -2.38. The molecule has 1 heteroatoms. The molecule has 2 aromatic rings. The second-order valence-electron chi connectivity index (χ2n) is 15.4. The summed E-state index contributed by atoms with van der Waals surface area (Å²) >= 11 is 0. The summed E-state index contributed by atoms with van der Waals surface area (Å²) in [4.78, 5) is 2.71. The molecule has 6 aliphatic carbocycles. The Balaban J connectivity index is 1.21. The first-order valence-corrected chi connectivity index (χ1v) is 18.4. The third kappa shape index (κ3) is 5.08. The molecule has 4 unspecified atom stereocenters. The Bertz CT molecular complexity index is 1920. The van der Waals surface area contributed by atoms with Crippen LogP contribution in [0.4, 0.5) is 5.69 Å². The molecule has 242 valence electrons. The van der Waals surface area contributed by atoms with Crippen LogP contribution in [0.1, 0.15) is 99.5 Å². The van der Waals surface area contributed by atoms with E-state index in [1.165, 1.54) is 62.4 Å². The van der Waals surface area contributed by atoms with E-state index in [9.17, 15) is 0 Å². The van der Waals surface area contributed by atoms with Gasteiger partial charge in [-0.05, 0) is 126 Å². The van der Waals surface area contributed by atoms with Gasteiger partial charge in [0.2, 0.25) is 0 Å². The fraction of sp³-hybridized carbons (Fsp3) is 0.362. The summed E-state index contributed by atoms with van der Waals surface area (Å²) in [6, 6.07) is 14.6. The van der Waals surface area contributed by atoms with Gasteiger partial charge in [0.05, 0.1) is 6.04 Å². The number of terminal acetylenes is 1. The number of nitrogens with zero attached hydrogens (tertiary/aromatic N) is 1. The number of fused-ring (bicyclic) bond motifs is 6. The first-order chi connectivity index (χ1) is 23.4. The molecule has 2 aromatic carbocycles. The predicted molar refractivity (Wildman–Crippen MR) is 204 cm³/mol. The molecular weight excluding hydrogens is 579 g/mol. The SMILES string of the molecule is C#CC1=C(/C=C\C)C(C)(C)C2CCc3c(ccc4c3CC(N(C3=C5C=C[C@H](C)CC5=CCC3)c3ccc(C5C=CC=CC5)cc3)C=C4)C12. The Hall–Kier alpha value is -4.28. The lowest BCUT2D eigenvalue weighted by Gasteiger charge is -2.41. The number of allylic oxidation sites excluding steroid dienone is 14. The van der Waals surface area contributed by atoms with E-state index in [0.29, 0.717) is 23.7 Å². The van der Waals surface area contributed by atoms with Crippen LogP contribution < -0.4 is 4.90 Å². The molecule has 0 heterocycles. The normalized spacial score (nSPS) is 28.1. The minimum Gasteiger partial charge on any atom is -0.337 e. The molecular formula is C47H49N. The van der Waals surface area contributed by atoms with Gasteiger partial charge < -0.3 is 4.90 Å². The molecule has 0 spiro atoms. The monoisotopic (exact) mass is 627 g/mol. The third-order valence-corrected chi connectivity index (χ3v) is 12.3. The predicted octanol–water partition coefficient (Wildman–Crippen LogP) is 11.5. The van der Waals surface area contributed by atoms with Gasteiger partial charge in [0.15, 0.2) is 0 Å². The highest BCUT2D eigenvalue weighted by atomic mass is 15.2. The van der Waals surface area contributed by atoms with E-state index in [2.05, 4.69) is 142 Å². The third-order valence-electron chi connectivity index (χ3n) is 12.3. The van der Waals surface area contributed by atoms with Crippen LogP contribution in [0, 0.1) is 29.6 Å². The van der Waals surface area contributed by atoms with Crippen LogP contribution in [0.2, 0.25) is 0 Å². The Morgan fingerprint density at radius 1 is 0.938 bits per heavy atom. The lowest BCUT2D eigenvalue weighted by molar-refractivity contribution is 0.246. The van der Waals surface area contributed by atoms with E-state index in [0.717, 1.165) is 38.5 Å². The molecule has 6 aliphatic rings. The van der Waals surface area contributed by atoms with Gasteiger partial charge in [-0.3, -0.25) is 0 Å². The van der Waals surface area contributed by atoms with E-state index < -0.39 is 0 Å². The van der Waals surface area contributed by atoms with Crippen LogP contribution >= 0.6 is 0 Å². The second kappa shape index (κ2) is 12.3. The van der Waals surface area contributed by atoms with Crippen molar-refractivity contribution in [1.29, 1.82) is 0 Å². The zero-order valence-corrected chi connectivity index (χ0v) is 29.2. The topological polar surface area (TPSA) is 3.24 Å². The van der Waals surface area contributed by atoms with Gasteiger partial charge >= 0.3 is 0 Å². The van der Waals surface area contributed by atoms with Gasteiger partial charge in [-0.25, -0.2) is 0 Å². The van der Waals surface area contributed by atoms with Crippen molar-refractivity contribution in [2.75, 3.05) is 4.90 Å². The molecule has 48 heavy (non-hydrogen) atoms. The summed E-state index contributed by atoms with van der Waals surface area (Å²) in [6.07, 6.45) is 39.7. The highest BCUT2D eigenvalue weighted by molar-refractivity contribution is 5.69. The first kappa shape index (κ1) is 31.0. The average Bonchev–Trinajstić information content (AvgIpc) is 3.34. The Morgan fingerprint density at radius 3 is 2.56 bits per heavy atom. The smallest absolute Gasteiger partial charge is 0.0563 e. The highest BCUT2D eigenvalue weighted by Gasteiger charge is 2.49. The summed E-state index contributed by atoms with van der Waals surface area (Å²) in [5.74, 6) is 5.11. The van der Waals surface area contributed by atoms with E-state index in [4.69, 9.17) is 6.42 Å². The Kier molecular flexibility index (Phi) is 7.95. The van der Waals surface area contributed by atoms with E-state index in [1.807, 2.05) is 0 Å². The van der Waals surface area contributed by atoms with E-state index in [-0.39, 0.29) is 11.5 Å². The van der Waals surface area contributed by atoms with Crippen molar-refractivity contribution in [2.24, 2.45) is 17.3 Å². The van der Waals surface area contributed by atoms with E-state index >= 15 is 0 Å². The molecule has 1 nitrogen and oxygen atoms in total. The molecule has 0 aliphatic heterocycles. The van der Waals surface area contributed by atoms with Gasteiger partial charge in [-0.2, -0.15) is 0 Å². The molecule has 8 rings (SSSR count). The molecule has 5 atom stereocenters. The van der Waals surface area contributed by atoms with Crippen molar-refractivity contribution >= 4 is 11.8 Å². The summed E-state index contributed by atoms with van der Waals surface area (Å²) in [5, 5.41) is 0. The zero-order chi connectivity index (χ0) is 33.0. The molecule has 0 aromatic heterocycles. The minimum absolute atomic E-state index is 0.0761. The summed E-state index contributed by atoms with van der Waals surface area (Å²) in [5.41, 5.74) is 15.8. The van der Waals surface area contributed by atoms with Crippen molar-refractivity contribution < 1.29 is 0 Å². The van der Waals surface area contributed by atoms with Crippen LogP contribution in [0.25, 0.3) is 6.08 Å². The number of benzene rings is 2. The number of anilines is 1. The molecule has 0 amide bonds. The fourth-order valence-electron chi connectivity index (χ4n) is 9.95. The number of hydrogen-bond acceptors (Lipinski definition) is 1. The molecule has 0 radical (unpaired) electrons. The second-order valence-corrected chi connectivity index (χ2v) is 15.4. The van der Waals surface area contributed by atoms with Crippen LogP contribution in [0.5, 0.6) is 0 Å². The fourth-order valence-corrected chi connectivity index (χ4v) is 9.95. The van der Waals surface area contributed by atoms with E-state index in [1.54, 1.807) is 5.56 Å². The molecule has 0 saturated carbocycles. The quantitative estimate of drug-likeness (QED) is 0.298. The summed E-state index contributed by atoms with van der Waals surface area (Å²) in [6.45, 7) is 9.29. The van der Waals surface area contributed by atoms with Gasteiger partial charge in [0, 0.05) is 28.8 Å². The van der Waals surface area contributed by atoms with Crippen molar-refractivity contribution in [3.63, 3.8) is 0 Å². The average molecular weight is 628 g/mol. The maximum absolute atomic E-state index is 6.32. The molecule has 0 fully saturated rings. The summed E-state index contributed by atoms with van der Waals surface area (Å²) < 4.78 is 0. The van der Waals surface area contributed by atoms with Gasteiger partial charge in [-0.1, -0.05) is 118 Å². The molecule has 0 bridgehead atoms. The van der Waals surface area contributed by atoms with Gasteiger partial charge in [-0.15, -0.1) is 6.42 Å². The van der Waals surface area contributed by atoms with Gasteiger partial charge in [0.1, 0.15) is 0 Å². The molecule has 0 N–H and O–H groups in total. The Labute approximate surface area is 288 Å². The summed E-state index contributed by atoms with van der Waals surface area (Å²) in [7, 11) is 0. The van der Waals surface area contributed by atoms with Crippen molar-refractivity contribution in [3.05, 3.63) is 153 Å².